The van der Waals surface area contributed by atoms with Crippen molar-refractivity contribution in [3.05, 3.63) is 29.6 Å². The van der Waals surface area contributed by atoms with Crippen LogP contribution in [0.2, 0.25) is 0 Å². The predicted molar refractivity (Wildman–Crippen MR) is 85.3 cm³/mol. The molecule has 1 aliphatic rings. The van der Waals surface area contributed by atoms with E-state index >= 15 is 0 Å². The van der Waals surface area contributed by atoms with Crippen molar-refractivity contribution in [2.75, 3.05) is 38.3 Å². The summed E-state index contributed by atoms with van der Waals surface area (Å²) in [7, 11) is 1.68. The molecule has 118 valence electrons. The van der Waals surface area contributed by atoms with E-state index in [1.165, 1.54) is 0 Å². The van der Waals surface area contributed by atoms with Crippen molar-refractivity contribution in [1.82, 2.24) is 5.32 Å². The molecule has 0 unspecified atom stereocenters. The molecule has 1 N–H and O–H groups in total. The molecule has 0 radical (unpaired) electrons. The number of piperidine rings is 1. The fraction of sp³-hybridized carbons (Fsp3) is 0.647. The zero-order chi connectivity index (χ0) is 15.2. The third-order valence-corrected chi connectivity index (χ3v) is 4.35. The van der Waals surface area contributed by atoms with Crippen LogP contribution in [0.3, 0.4) is 0 Å². The first-order chi connectivity index (χ1) is 10.1. The molecule has 4 heteroatoms. The van der Waals surface area contributed by atoms with Gasteiger partial charge in [0, 0.05) is 32.8 Å². The lowest BCUT2D eigenvalue weighted by Gasteiger charge is -2.32. The summed E-state index contributed by atoms with van der Waals surface area (Å²) in [5.74, 6) is 0.649. The number of benzene rings is 1. The van der Waals surface area contributed by atoms with E-state index in [1.54, 1.807) is 13.2 Å². The maximum absolute atomic E-state index is 14.4. The zero-order valence-electron chi connectivity index (χ0n) is 13.4. The lowest BCUT2D eigenvalue weighted by Crippen LogP contribution is -2.33. The molecule has 0 aromatic heterocycles. The monoisotopic (exact) mass is 294 g/mol. The van der Waals surface area contributed by atoms with Crippen LogP contribution in [0.1, 0.15) is 38.3 Å². The number of nitrogens with zero attached hydrogens (tertiary/aromatic N) is 1. The zero-order valence-corrected chi connectivity index (χ0v) is 13.4. The fourth-order valence-corrected chi connectivity index (χ4v) is 2.79. The summed E-state index contributed by atoms with van der Waals surface area (Å²) < 4.78 is 19.4. The quantitative estimate of drug-likeness (QED) is 0.814. The first-order valence-electron chi connectivity index (χ1n) is 7.88. The van der Waals surface area contributed by atoms with Gasteiger partial charge in [-0.1, -0.05) is 13.0 Å². The first-order valence-corrected chi connectivity index (χ1v) is 7.88. The highest BCUT2D eigenvalue weighted by Gasteiger charge is 2.19. The molecule has 1 aromatic carbocycles. The Morgan fingerprint density at radius 2 is 2.10 bits per heavy atom. The van der Waals surface area contributed by atoms with Crippen molar-refractivity contribution in [1.29, 1.82) is 0 Å². The minimum atomic E-state index is -0.109. The van der Waals surface area contributed by atoms with Crippen LogP contribution in [0.25, 0.3) is 0 Å². The van der Waals surface area contributed by atoms with Crippen LogP contribution in [-0.2, 0) is 4.74 Å². The first kappa shape index (κ1) is 16.2. The number of hydrogen-bond acceptors (Lipinski definition) is 3. The minimum Gasteiger partial charge on any atom is -0.383 e. The van der Waals surface area contributed by atoms with E-state index in [-0.39, 0.29) is 11.9 Å². The number of hydrogen-bond donors (Lipinski definition) is 1. The van der Waals surface area contributed by atoms with Crippen LogP contribution < -0.4 is 10.2 Å². The van der Waals surface area contributed by atoms with Crippen LogP contribution in [0, 0.1) is 11.7 Å². The van der Waals surface area contributed by atoms with E-state index in [9.17, 15) is 4.39 Å². The molecule has 1 heterocycles. The van der Waals surface area contributed by atoms with Crippen LogP contribution in [0.5, 0.6) is 0 Å². The molecule has 21 heavy (non-hydrogen) atoms. The van der Waals surface area contributed by atoms with Crippen LogP contribution >= 0.6 is 0 Å². The molecule has 0 spiro atoms. The van der Waals surface area contributed by atoms with Gasteiger partial charge in [0.25, 0.3) is 0 Å². The van der Waals surface area contributed by atoms with Crippen molar-refractivity contribution < 1.29 is 9.13 Å². The standard InChI is InChI=1S/C17H27FN2O/c1-13-6-9-20(10-7-13)17-5-4-15(12-16(17)18)14(2)19-8-11-21-3/h4-5,12-14,19H,6-11H2,1-3H3/t14-/m1/s1. The molecule has 3 nitrogen and oxygen atoms in total. The summed E-state index contributed by atoms with van der Waals surface area (Å²) in [6.45, 7) is 7.66. The molecule has 0 aliphatic carbocycles. The average molecular weight is 294 g/mol. The maximum atomic E-state index is 14.4. The Hall–Kier alpha value is -1.13. The van der Waals surface area contributed by atoms with Crippen LogP contribution in [0.15, 0.2) is 18.2 Å². The van der Waals surface area contributed by atoms with Gasteiger partial charge in [-0.2, -0.15) is 0 Å². The highest BCUT2D eigenvalue weighted by atomic mass is 19.1. The summed E-state index contributed by atoms with van der Waals surface area (Å²) >= 11 is 0. The third-order valence-electron chi connectivity index (χ3n) is 4.35. The Kier molecular flexibility index (Phi) is 6.00. The van der Waals surface area contributed by atoms with Gasteiger partial charge in [0.15, 0.2) is 0 Å². The van der Waals surface area contributed by atoms with E-state index in [0.29, 0.717) is 6.61 Å². The van der Waals surface area contributed by atoms with Crippen molar-refractivity contribution in [3.8, 4) is 0 Å². The smallest absolute Gasteiger partial charge is 0.146 e. The summed E-state index contributed by atoms with van der Waals surface area (Å²) in [4.78, 5) is 2.17. The average Bonchev–Trinajstić information content (AvgIpc) is 2.48. The van der Waals surface area contributed by atoms with Gasteiger partial charge in [0.1, 0.15) is 5.82 Å². The number of rotatable bonds is 6. The van der Waals surface area contributed by atoms with Gasteiger partial charge in [-0.25, -0.2) is 4.39 Å². The Morgan fingerprint density at radius 1 is 1.38 bits per heavy atom. The van der Waals surface area contributed by atoms with Gasteiger partial charge in [-0.15, -0.1) is 0 Å². The van der Waals surface area contributed by atoms with Crippen LogP contribution in [-0.4, -0.2) is 33.4 Å². The van der Waals surface area contributed by atoms with Gasteiger partial charge in [0.05, 0.1) is 12.3 Å². The molecule has 1 aromatic rings. The van der Waals surface area contributed by atoms with Gasteiger partial charge < -0.3 is 15.0 Å². The van der Waals surface area contributed by atoms with Crippen molar-refractivity contribution in [3.63, 3.8) is 0 Å². The summed E-state index contributed by atoms with van der Waals surface area (Å²) in [6.07, 6.45) is 2.30. The number of halogens is 1. The minimum absolute atomic E-state index is 0.109. The highest BCUT2D eigenvalue weighted by molar-refractivity contribution is 5.50. The second kappa shape index (κ2) is 7.76. The highest BCUT2D eigenvalue weighted by Crippen LogP contribution is 2.27. The molecule has 1 aliphatic heterocycles. The Balaban J connectivity index is 2.00. The van der Waals surface area contributed by atoms with E-state index < -0.39 is 0 Å². The molecular formula is C17H27FN2O. The number of anilines is 1. The molecular weight excluding hydrogens is 267 g/mol. The summed E-state index contributed by atoms with van der Waals surface area (Å²) in [5.41, 5.74) is 1.73. The third kappa shape index (κ3) is 4.42. The van der Waals surface area contributed by atoms with E-state index in [2.05, 4.69) is 17.1 Å². The summed E-state index contributed by atoms with van der Waals surface area (Å²) in [5, 5.41) is 3.33. The lowest BCUT2D eigenvalue weighted by atomic mass is 9.98. The van der Waals surface area contributed by atoms with E-state index in [4.69, 9.17) is 4.74 Å². The van der Waals surface area contributed by atoms with Gasteiger partial charge in [-0.3, -0.25) is 0 Å². The fourth-order valence-electron chi connectivity index (χ4n) is 2.79. The number of ether oxygens (including phenoxy) is 1. The molecule has 1 fully saturated rings. The molecule has 0 saturated carbocycles. The lowest BCUT2D eigenvalue weighted by molar-refractivity contribution is 0.196. The normalized spacial score (nSPS) is 18.0. The molecule has 0 bridgehead atoms. The molecule has 1 atom stereocenters. The SMILES string of the molecule is COCCN[C@H](C)c1ccc(N2CCC(C)CC2)c(F)c1. The number of nitrogens with one attached hydrogen (secondary N) is 1. The predicted octanol–water partition coefficient (Wildman–Crippen LogP) is 3.36. The topological polar surface area (TPSA) is 24.5 Å². The Morgan fingerprint density at radius 3 is 2.71 bits per heavy atom. The van der Waals surface area contributed by atoms with Crippen LogP contribution in [0.4, 0.5) is 10.1 Å². The number of methoxy groups -OCH3 is 1. The Labute approximate surface area is 127 Å². The largest absolute Gasteiger partial charge is 0.383 e. The van der Waals surface area contributed by atoms with Gasteiger partial charge in [0.2, 0.25) is 0 Å². The van der Waals surface area contributed by atoms with E-state index in [1.807, 2.05) is 19.1 Å². The van der Waals surface area contributed by atoms with Gasteiger partial charge >= 0.3 is 0 Å². The molecule has 2 rings (SSSR count). The van der Waals surface area contributed by atoms with Crippen molar-refractivity contribution >= 4 is 5.69 Å². The second-order valence-corrected chi connectivity index (χ2v) is 6.05. The Bertz CT molecular complexity index is 444. The molecule has 1 saturated heterocycles. The maximum Gasteiger partial charge on any atom is 0.146 e. The summed E-state index contributed by atoms with van der Waals surface area (Å²) in [6, 6.07) is 5.75. The molecule has 0 amide bonds. The van der Waals surface area contributed by atoms with Gasteiger partial charge in [-0.05, 0) is 43.4 Å². The van der Waals surface area contributed by atoms with E-state index in [0.717, 1.165) is 49.6 Å². The second-order valence-electron chi connectivity index (χ2n) is 6.05. The van der Waals surface area contributed by atoms with Crippen molar-refractivity contribution in [2.24, 2.45) is 5.92 Å². The van der Waals surface area contributed by atoms with Crippen molar-refractivity contribution in [2.45, 2.75) is 32.7 Å².